The molecular weight excluding hydrogens is 188 g/mol. The van der Waals surface area contributed by atoms with E-state index in [0.29, 0.717) is 0 Å². The Morgan fingerprint density at radius 1 is 1.07 bits per heavy atom. The van der Waals surface area contributed by atoms with E-state index in [4.69, 9.17) is 10.2 Å². The molecule has 0 bridgehead atoms. The normalized spacial score (nSPS) is 10.9. The van der Waals surface area contributed by atoms with Crippen molar-refractivity contribution in [2.24, 2.45) is 0 Å². The molecule has 2 N–H and O–H groups in total. The van der Waals surface area contributed by atoms with Gasteiger partial charge in [0.2, 0.25) is 0 Å². The lowest BCUT2D eigenvalue weighted by molar-refractivity contribution is 0.131. The molecule has 76 valence electrons. The zero-order valence-electron chi connectivity index (χ0n) is 8.49. The Balaban J connectivity index is 4.01. The van der Waals surface area contributed by atoms with Crippen molar-refractivity contribution >= 4 is 0 Å². The molecule has 1 unspecified atom stereocenters. The minimum absolute atomic E-state index is 0.307. The monoisotopic (exact) mass is 200 g/mol. The molecular formula is C13H12O2. The molecule has 0 saturated carbocycles. The van der Waals surface area contributed by atoms with E-state index in [1.807, 2.05) is 13.0 Å². The van der Waals surface area contributed by atoms with E-state index in [1.165, 1.54) is 12.2 Å². The summed E-state index contributed by atoms with van der Waals surface area (Å²) in [6, 6.07) is 0. The van der Waals surface area contributed by atoms with Crippen molar-refractivity contribution in [3.63, 3.8) is 0 Å². The fraction of sp³-hybridized carbons (Fsp3) is 0.231. The lowest BCUT2D eigenvalue weighted by Gasteiger charge is -1.94. The first-order valence-corrected chi connectivity index (χ1v) is 4.39. The Kier molecular flexibility index (Phi) is 8.86. The first-order chi connectivity index (χ1) is 7.31. The summed E-state index contributed by atoms with van der Waals surface area (Å²) in [6.07, 6.45) is 5.48. The molecule has 0 aromatic heterocycles. The van der Waals surface area contributed by atoms with Crippen LogP contribution < -0.4 is 0 Å². The standard InChI is InChI=1S/C13H12O2/c1-2-3-4-5-6-7-8-9-10-11-13(15)12-14/h2-3,10-11,13-15H,12H2,1H3/b3-2+,11-10+. The fourth-order valence-corrected chi connectivity index (χ4v) is 0.521. The topological polar surface area (TPSA) is 40.5 Å². The summed E-state index contributed by atoms with van der Waals surface area (Å²) < 4.78 is 0. The van der Waals surface area contributed by atoms with Crippen molar-refractivity contribution in [1.82, 2.24) is 0 Å². The van der Waals surface area contributed by atoms with E-state index in [0.717, 1.165) is 0 Å². The number of hydrogen-bond donors (Lipinski definition) is 2. The van der Waals surface area contributed by atoms with E-state index < -0.39 is 6.10 Å². The third kappa shape index (κ3) is 10.00. The Labute approximate surface area is 90.3 Å². The number of allylic oxidation sites excluding steroid dienone is 3. The van der Waals surface area contributed by atoms with Crippen molar-refractivity contribution in [1.29, 1.82) is 0 Å². The summed E-state index contributed by atoms with van der Waals surface area (Å²) in [6.45, 7) is 1.57. The van der Waals surface area contributed by atoms with Gasteiger partial charge in [-0.15, -0.1) is 0 Å². The van der Waals surface area contributed by atoms with Gasteiger partial charge in [0.1, 0.15) is 0 Å². The molecule has 0 aliphatic carbocycles. The lowest BCUT2D eigenvalue weighted by Crippen LogP contribution is -2.06. The third-order valence-electron chi connectivity index (χ3n) is 1.17. The second-order valence-corrected chi connectivity index (χ2v) is 2.40. The third-order valence-corrected chi connectivity index (χ3v) is 1.17. The molecule has 2 heteroatoms. The van der Waals surface area contributed by atoms with Gasteiger partial charge in [0, 0.05) is 0 Å². The molecule has 0 amide bonds. The van der Waals surface area contributed by atoms with Crippen LogP contribution in [0.1, 0.15) is 6.92 Å². The lowest BCUT2D eigenvalue weighted by atomic mass is 10.3. The molecule has 0 aromatic rings. The van der Waals surface area contributed by atoms with Crippen LogP contribution >= 0.6 is 0 Å². The number of hydrogen-bond acceptors (Lipinski definition) is 2. The Bertz CT molecular complexity index is 397. The van der Waals surface area contributed by atoms with Gasteiger partial charge in [0.25, 0.3) is 0 Å². The molecule has 0 spiro atoms. The maximum Gasteiger partial charge on any atom is 0.0960 e. The van der Waals surface area contributed by atoms with Crippen molar-refractivity contribution in [2.75, 3.05) is 6.61 Å². The molecule has 0 heterocycles. The minimum atomic E-state index is -0.859. The molecule has 0 aromatic carbocycles. The van der Waals surface area contributed by atoms with Crippen LogP contribution in [0.2, 0.25) is 0 Å². The van der Waals surface area contributed by atoms with Crippen LogP contribution in [0.5, 0.6) is 0 Å². The smallest absolute Gasteiger partial charge is 0.0960 e. The molecule has 0 saturated heterocycles. The summed E-state index contributed by atoms with van der Waals surface area (Å²) in [4.78, 5) is 0. The van der Waals surface area contributed by atoms with Crippen LogP contribution in [-0.4, -0.2) is 22.9 Å². The van der Waals surface area contributed by atoms with Crippen molar-refractivity contribution < 1.29 is 10.2 Å². The average Bonchev–Trinajstić information content (AvgIpc) is 2.26. The number of aliphatic hydroxyl groups excluding tert-OH is 2. The van der Waals surface area contributed by atoms with Gasteiger partial charge in [-0.1, -0.05) is 17.9 Å². The molecule has 0 aliphatic rings. The van der Waals surface area contributed by atoms with Gasteiger partial charge in [-0.3, -0.25) is 0 Å². The van der Waals surface area contributed by atoms with Gasteiger partial charge in [0.15, 0.2) is 0 Å². The Hall–Kier alpha value is -1.92. The van der Waals surface area contributed by atoms with Crippen molar-refractivity contribution in [2.45, 2.75) is 13.0 Å². The fourth-order valence-electron chi connectivity index (χ4n) is 0.521. The molecule has 0 rings (SSSR count). The van der Waals surface area contributed by atoms with E-state index in [2.05, 4.69) is 35.5 Å². The van der Waals surface area contributed by atoms with Crippen LogP contribution in [-0.2, 0) is 0 Å². The SMILES string of the molecule is C/C=C/C#CC#CC#C/C=C/C(O)CO. The van der Waals surface area contributed by atoms with Crippen LogP contribution in [0.4, 0.5) is 0 Å². The second-order valence-electron chi connectivity index (χ2n) is 2.40. The highest BCUT2D eigenvalue weighted by molar-refractivity contribution is 5.39. The predicted octanol–water partition coefficient (Wildman–Crippen LogP) is 0.482. The first kappa shape index (κ1) is 13.1. The van der Waals surface area contributed by atoms with Crippen LogP contribution in [0.3, 0.4) is 0 Å². The molecule has 0 radical (unpaired) electrons. The van der Waals surface area contributed by atoms with E-state index in [-0.39, 0.29) is 6.61 Å². The summed E-state index contributed by atoms with van der Waals surface area (Å²) in [7, 11) is 0. The van der Waals surface area contributed by atoms with E-state index in [1.54, 1.807) is 6.08 Å². The maximum absolute atomic E-state index is 8.89. The molecule has 1 atom stereocenters. The average molecular weight is 200 g/mol. The largest absolute Gasteiger partial charge is 0.393 e. The van der Waals surface area contributed by atoms with Crippen LogP contribution in [0.15, 0.2) is 24.3 Å². The molecule has 2 nitrogen and oxygen atoms in total. The van der Waals surface area contributed by atoms with Gasteiger partial charge < -0.3 is 10.2 Å². The highest BCUT2D eigenvalue weighted by Gasteiger charge is 1.90. The summed E-state index contributed by atoms with van der Waals surface area (Å²) >= 11 is 0. The van der Waals surface area contributed by atoms with Gasteiger partial charge >= 0.3 is 0 Å². The van der Waals surface area contributed by atoms with Gasteiger partial charge in [-0.25, -0.2) is 0 Å². The molecule has 15 heavy (non-hydrogen) atoms. The summed E-state index contributed by atoms with van der Waals surface area (Å²) in [5.41, 5.74) is 0. The van der Waals surface area contributed by atoms with Gasteiger partial charge in [0.05, 0.1) is 12.7 Å². The highest BCUT2D eigenvalue weighted by Crippen LogP contribution is 1.81. The van der Waals surface area contributed by atoms with Crippen molar-refractivity contribution in [3.05, 3.63) is 24.3 Å². The minimum Gasteiger partial charge on any atom is -0.393 e. The number of rotatable bonds is 2. The van der Waals surface area contributed by atoms with Gasteiger partial charge in [-0.05, 0) is 48.8 Å². The maximum atomic E-state index is 8.89. The van der Waals surface area contributed by atoms with E-state index >= 15 is 0 Å². The summed E-state index contributed by atoms with van der Waals surface area (Å²) in [5, 5.41) is 17.3. The predicted molar refractivity (Wildman–Crippen MR) is 60.4 cm³/mol. The highest BCUT2D eigenvalue weighted by atomic mass is 16.3. The van der Waals surface area contributed by atoms with E-state index in [9.17, 15) is 0 Å². The molecule has 0 fully saturated rings. The quantitative estimate of drug-likeness (QED) is 0.637. The Morgan fingerprint density at radius 3 is 2.20 bits per heavy atom. The first-order valence-electron chi connectivity index (χ1n) is 4.39. The zero-order valence-corrected chi connectivity index (χ0v) is 8.49. The number of aliphatic hydroxyl groups is 2. The van der Waals surface area contributed by atoms with Crippen LogP contribution in [0, 0.1) is 35.5 Å². The zero-order chi connectivity index (χ0) is 11.4. The second kappa shape index (κ2) is 10.2. The van der Waals surface area contributed by atoms with Gasteiger partial charge in [-0.2, -0.15) is 0 Å². The van der Waals surface area contributed by atoms with Crippen LogP contribution in [0.25, 0.3) is 0 Å². The molecule has 0 aliphatic heterocycles. The summed E-state index contributed by atoms with van der Waals surface area (Å²) in [5.74, 6) is 15.4. The van der Waals surface area contributed by atoms with Crippen molar-refractivity contribution in [3.8, 4) is 35.5 Å². The Morgan fingerprint density at radius 2 is 1.67 bits per heavy atom.